The normalized spacial score (nSPS) is 14.3. The van der Waals surface area contributed by atoms with Crippen molar-refractivity contribution in [1.82, 2.24) is 4.98 Å². The lowest BCUT2D eigenvalue weighted by Crippen LogP contribution is -2.19. The van der Waals surface area contributed by atoms with Gasteiger partial charge in [-0.2, -0.15) is 0 Å². The fourth-order valence-electron chi connectivity index (χ4n) is 5.51. The number of fused-ring (bicyclic) bond motifs is 3. The summed E-state index contributed by atoms with van der Waals surface area (Å²) < 4.78 is 19.0. The molecule has 0 fully saturated rings. The van der Waals surface area contributed by atoms with Crippen LogP contribution >= 0.6 is 0 Å². The van der Waals surface area contributed by atoms with E-state index >= 15 is 0 Å². The summed E-state index contributed by atoms with van der Waals surface area (Å²) in [6.07, 6.45) is 2.74. The van der Waals surface area contributed by atoms with Gasteiger partial charge in [0.2, 0.25) is 0 Å². The van der Waals surface area contributed by atoms with Gasteiger partial charge in [0, 0.05) is 17.5 Å². The number of ether oxygens (including phenoxy) is 1. The molecule has 0 amide bonds. The number of aromatic nitrogens is 1. The lowest BCUT2D eigenvalue weighted by Gasteiger charge is -2.22. The number of carbonyl (C=O) groups is 2. The molecular weight excluding hydrogens is 525 g/mol. The second-order valence-corrected chi connectivity index (χ2v) is 10.9. The highest BCUT2D eigenvalue weighted by atomic mass is 19.1. The highest BCUT2D eigenvalue weighted by Crippen LogP contribution is 2.42. The molecule has 1 heterocycles. The van der Waals surface area contributed by atoms with Gasteiger partial charge >= 0.3 is 11.9 Å². The van der Waals surface area contributed by atoms with Gasteiger partial charge in [-0.15, -0.1) is 0 Å². The van der Waals surface area contributed by atoms with E-state index in [9.17, 15) is 24.2 Å². The molecule has 0 aliphatic heterocycles. The predicted octanol–water partition coefficient (Wildman–Crippen LogP) is 5.86. The number of aliphatic carboxylic acids is 1. The number of nitrogens with zero attached hydrogens (tertiary/aromatic N) is 1. The maximum absolute atomic E-state index is 14.0. The Labute approximate surface area is 239 Å². The van der Waals surface area contributed by atoms with Crippen molar-refractivity contribution in [3.05, 3.63) is 81.8 Å². The van der Waals surface area contributed by atoms with Crippen LogP contribution in [0.5, 0.6) is 0 Å². The Bertz CT molecular complexity index is 1480. The number of aliphatic hydroxyl groups is 2. The van der Waals surface area contributed by atoms with Crippen LogP contribution in [0.2, 0.25) is 0 Å². The van der Waals surface area contributed by atoms with Crippen LogP contribution in [0.15, 0.2) is 42.5 Å². The zero-order chi connectivity index (χ0) is 29.8. The van der Waals surface area contributed by atoms with E-state index in [4.69, 9.17) is 14.8 Å². The molecule has 216 valence electrons. The minimum atomic E-state index is -1.19. The highest BCUT2D eigenvalue weighted by molar-refractivity contribution is 5.94. The van der Waals surface area contributed by atoms with Crippen LogP contribution < -0.4 is 0 Å². The zero-order valence-corrected chi connectivity index (χ0v) is 23.8. The molecule has 7 nitrogen and oxygen atoms in total. The minimum absolute atomic E-state index is 0.0360. The van der Waals surface area contributed by atoms with Gasteiger partial charge in [0.15, 0.2) is 0 Å². The molecule has 3 N–H and O–H groups in total. The number of esters is 1. The molecule has 0 bridgehead atoms. The summed E-state index contributed by atoms with van der Waals surface area (Å²) >= 11 is 0. The number of aliphatic hydroxyl groups excluding tert-OH is 2. The molecular formula is C33H36FNO6. The monoisotopic (exact) mass is 561 g/mol. The number of carbonyl (C=O) groups excluding carboxylic acids is 1. The lowest BCUT2D eigenvalue weighted by molar-refractivity contribution is -0.139. The first-order valence-electron chi connectivity index (χ1n) is 13.8. The van der Waals surface area contributed by atoms with Gasteiger partial charge in [-0.3, -0.25) is 9.78 Å². The molecule has 0 radical (unpaired) electrons. The van der Waals surface area contributed by atoms with Crippen LogP contribution in [0.3, 0.4) is 0 Å². The Kier molecular flexibility index (Phi) is 9.35. The molecule has 1 aliphatic rings. The minimum Gasteiger partial charge on any atom is -0.481 e. The summed E-state index contributed by atoms with van der Waals surface area (Å²) in [4.78, 5) is 28.7. The smallest absolute Gasteiger partial charge is 0.338 e. The molecule has 4 rings (SSSR count). The Hall–Kier alpha value is -3.88. The lowest BCUT2D eigenvalue weighted by atomic mass is 9.86. The standard InChI is InChI=1S/C33H36FNO6/c1-18(2)31-26(13-12-23(36)15-24(37)16-29(38)39)30(20-8-10-22(34)11-9-20)25-7-5-6-21-14-19(3)27(33(40)41-4)17-28(21)32(25)35-31/h8-14,17-18,23-24,36-37H,5-7,15-16H2,1-4H3,(H,38,39)/b13-12+/t23-,24-/m1/s1. The van der Waals surface area contributed by atoms with Gasteiger partial charge < -0.3 is 20.1 Å². The van der Waals surface area contributed by atoms with Crippen LogP contribution in [0.4, 0.5) is 4.39 Å². The quantitative estimate of drug-likeness (QED) is 0.280. The van der Waals surface area contributed by atoms with E-state index in [0.29, 0.717) is 12.0 Å². The first kappa shape index (κ1) is 30.1. The number of halogens is 1. The van der Waals surface area contributed by atoms with E-state index in [2.05, 4.69) is 0 Å². The van der Waals surface area contributed by atoms with Crippen molar-refractivity contribution in [2.45, 2.75) is 71.0 Å². The summed E-state index contributed by atoms with van der Waals surface area (Å²) in [6, 6.07) is 10.1. The number of hydrogen-bond acceptors (Lipinski definition) is 6. The maximum Gasteiger partial charge on any atom is 0.338 e. The van der Waals surface area contributed by atoms with Gasteiger partial charge in [0.05, 0.1) is 42.7 Å². The zero-order valence-electron chi connectivity index (χ0n) is 23.8. The molecule has 0 saturated carbocycles. The molecule has 0 spiro atoms. The van der Waals surface area contributed by atoms with Crippen molar-refractivity contribution in [3.8, 4) is 22.4 Å². The van der Waals surface area contributed by atoms with Crippen molar-refractivity contribution in [2.24, 2.45) is 0 Å². The van der Waals surface area contributed by atoms with Crippen molar-refractivity contribution >= 4 is 18.0 Å². The van der Waals surface area contributed by atoms with E-state index in [1.165, 1.54) is 25.3 Å². The van der Waals surface area contributed by atoms with Crippen molar-refractivity contribution in [3.63, 3.8) is 0 Å². The van der Waals surface area contributed by atoms with Crippen LogP contribution in [0.25, 0.3) is 28.5 Å². The summed E-state index contributed by atoms with van der Waals surface area (Å²) in [7, 11) is 1.36. The van der Waals surface area contributed by atoms with Crippen LogP contribution in [-0.4, -0.2) is 51.6 Å². The molecule has 8 heteroatoms. The van der Waals surface area contributed by atoms with Gasteiger partial charge in [-0.1, -0.05) is 44.2 Å². The van der Waals surface area contributed by atoms with E-state index in [-0.39, 0.29) is 18.2 Å². The number of carboxylic acid groups (broad SMARTS) is 1. The van der Waals surface area contributed by atoms with E-state index in [0.717, 1.165) is 63.2 Å². The third kappa shape index (κ3) is 6.72. The third-order valence-electron chi connectivity index (χ3n) is 7.44. The van der Waals surface area contributed by atoms with Crippen LogP contribution in [0, 0.1) is 12.7 Å². The van der Waals surface area contributed by atoms with Crippen LogP contribution in [-0.2, 0) is 22.4 Å². The average molecular weight is 562 g/mol. The SMILES string of the molecule is COC(=O)c1cc2c(cc1C)CCCc1c-2nc(C(C)C)c(/C=C/[C@@H](O)C[C@@H](O)CC(=O)O)c1-c1ccc(F)cc1. The summed E-state index contributed by atoms with van der Waals surface area (Å²) in [6.45, 7) is 5.92. The van der Waals surface area contributed by atoms with E-state index < -0.39 is 30.6 Å². The molecule has 3 aromatic rings. The van der Waals surface area contributed by atoms with Crippen molar-refractivity contribution in [1.29, 1.82) is 0 Å². The van der Waals surface area contributed by atoms with Gasteiger partial charge in [0.1, 0.15) is 5.82 Å². The second kappa shape index (κ2) is 12.7. The summed E-state index contributed by atoms with van der Waals surface area (Å²) in [5, 5.41) is 29.6. The molecule has 2 aromatic carbocycles. The Morgan fingerprint density at radius 3 is 2.46 bits per heavy atom. The first-order chi connectivity index (χ1) is 19.5. The third-order valence-corrected chi connectivity index (χ3v) is 7.44. The molecule has 2 atom stereocenters. The number of carboxylic acids is 1. The van der Waals surface area contributed by atoms with Crippen molar-refractivity contribution in [2.75, 3.05) is 7.11 Å². The number of hydrogen-bond donors (Lipinski definition) is 3. The highest BCUT2D eigenvalue weighted by Gasteiger charge is 2.27. The Morgan fingerprint density at radius 1 is 1.12 bits per heavy atom. The van der Waals surface area contributed by atoms with Crippen molar-refractivity contribution < 1.29 is 34.0 Å². The Morgan fingerprint density at radius 2 is 1.83 bits per heavy atom. The molecule has 41 heavy (non-hydrogen) atoms. The summed E-state index contributed by atoms with van der Waals surface area (Å²) in [5.74, 6) is -1.96. The van der Waals surface area contributed by atoms with Gasteiger partial charge in [-0.05, 0) is 78.1 Å². The first-order valence-corrected chi connectivity index (χ1v) is 13.8. The van der Waals surface area contributed by atoms with Gasteiger partial charge in [0.25, 0.3) is 0 Å². The maximum atomic E-state index is 14.0. The van der Waals surface area contributed by atoms with Gasteiger partial charge in [-0.25, -0.2) is 9.18 Å². The second-order valence-electron chi connectivity index (χ2n) is 10.9. The van der Waals surface area contributed by atoms with E-state index in [1.807, 2.05) is 32.9 Å². The van der Waals surface area contributed by atoms with E-state index in [1.54, 1.807) is 18.2 Å². The molecule has 0 unspecified atom stereocenters. The number of methoxy groups -OCH3 is 1. The summed E-state index contributed by atoms with van der Waals surface area (Å²) in [5.41, 5.74) is 8.15. The molecule has 1 aliphatic carbocycles. The van der Waals surface area contributed by atoms with Crippen LogP contribution in [0.1, 0.15) is 77.3 Å². The molecule has 0 saturated heterocycles. The fourth-order valence-corrected chi connectivity index (χ4v) is 5.51. The number of benzene rings is 2. The Balaban J connectivity index is 1.96. The number of aryl methyl sites for hydroxylation is 2. The largest absolute Gasteiger partial charge is 0.481 e. The number of rotatable bonds is 9. The average Bonchev–Trinajstić information content (AvgIpc) is 3.08. The fraction of sp³-hybridized carbons (Fsp3) is 0.364. The molecule has 1 aromatic heterocycles. The predicted molar refractivity (Wildman–Crippen MR) is 155 cm³/mol. The topological polar surface area (TPSA) is 117 Å². The number of pyridine rings is 1.